The number of nitrogens with one attached hydrogen (secondary N) is 1. The van der Waals surface area contributed by atoms with Gasteiger partial charge in [0.1, 0.15) is 5.75 Å². The molecule has 2 N–H and O–H groups in total. The lowest BCUT2D eigenvalue weighted by molar-refractivity contribution is -0.152. The van der Waals surface area contributed by atoms with Crippen LogP contribution < -0.4 is 10.4 Å². The van der Waals surface area contributed by atoms with E-state index in [0.29, 0.717) is 12.3 Å². The van der Waals surface area contributed by atoms with Crippen LogP contribution in [0.3, 0.4) is 0 Å². The summed E-state index contributed by atoms with van der Waals surface area (Å²) in [6, 6.07) is 7.45. The summed E-state index contributed by atoms with van der Waals surface area (Å²) in [5.74, 6) is -0.469. The van der Waals surface area contributed by atoms with Crippen LogP contribution in [0.15, 0.2) is 60.1 Å². The van der Waals surface area contributed by atoms with E-state index in [4.69, 9.17) is 9.84 Å². The number of carboxylic acids is 1. The number of hydrogen-bond acceptors (Lipinski definition) is 3. The minimum atomic E-state index is -1.26. The molecule has 0 unspecified atom stereocenters. The summed E-state index contributed by atoms with van der Waals surface area (Å²) in [6.07, 6.45) is 11.3. The molecule has 0 fully saturated rings. The van der Waals surface area contributed by atoms with Gasteiger partial charge >= 0.3 is 11.7 Å². The first-order valence-electron chi connectivity index (χ1n) is 11.2. The Morgan fingerprint density at radius 2 is 1.81 bits per heavy atom. The largest absolute Gasteiger partial charge is 0.478 e. The zero-order chi connectivity index (χ0) is 24.6. The molecule has 1 heterocycles. The fraction of sp³-hybridized carbons (Fsp3) is 0.462. The smallest absolute Gasteiger partial charge is 0.347 e. The molecule has 6 heteroatoms. The van der Waals surface area contributed by atoms with Gasteiger partial charge in [0.25, 0.3) is 0 Å². The lowest BCUT2D eigenvalue weighted by Gasteiger charge is -2.21. The number of aromatic nitrogens is 2. The highest BCUT2D eigenvalue weighted by Gasteiger charge is 2.29. The molecule has 1 aromatic carbocycles. The van der Waals surface area contributed by atoms with Gasteiger partial charge in [-0.2, -0.15) is 0 Å². The number of ether oxygens (including phenoxy) is 1. The van der Waals surface area contributed by atoms with Crippen LogP contribution in [0.5, 0.6) is 5.75 Å². The summed E-state index contributed by atoms with van der Waals surface area (Å²) in [5.41, 5.74) is 0.734. The molecule has 0 spiro atoms. The van der Waals surface area contributed by atoms with Crippen molar-refractivity contribution in [2.45, 2.75) is 79.4 Å². The summed E-state index contributed by atoms with van der Waals surface area (Å²) >= 11 is 0. The molecule has 0 saturated heterocycles. The predicted octanol–water partition coefficient (Wildman–Crippen LogP) is 5.78. The molecular formula is C26H40N2O4. The van der Waals surface area contributed by atoms with Crippen LogP contribution in [-0.2, 0) is 24.2 Å². The second-order valence-corrected chi connectivity index (χ2v) is 7.42. The Hall–Kier alpha value is -3.02. The van der Waals surface area contributed by atoms with Crippen molar-refractivity contribution in [2.75, 3.05) is 0 Å². The van der Waals surface area contributed by atoms with E-state index in [0.717, 1.165) is 36.9 Å². The third-order valence-electron chi connectivity index (χ3n) is 4.39. The Bertz CT molecular complexity index is 874. The minimum Gasteiger partial charge on any atom is -0.478 e. The fourth-order valence-corrected chi connectivity index (χ4v) is 2.52. The Morgan fingerprint density at radius 1 is 1.22 bits per heavy atom. The van der Waals surface area contributed by atoms with Crippen LogP contribution in [-0.4, -0.2) is 26.2 Å². The van der Waals surface area contributed by atoms with Crippen molar-refractivity contribution >= 4 is 5.97 Å². The van der Waals surface area contributed by atoms with E-state index in [1.54, 1.807) is 16.7 Å². The number of aliphatic carboxylic acids is 1. The predicted molar refractivity (Wildman–Crippen MR) is 133 cm³/mol. The minimum absolute atomic E-state index is 0.0827. The van der Waals surface area contributed by atoms with Gasteiger partial charge in [0.05, 0.1) is 0 Å². The van der Waals surface area contributed by atoms with Crippen LogP contribution in [0.4, 0.5) is 0 Å². The molecule has 32 heavy (non-hydrogen) atoms. The molecule has 0 saturated carbocycles. The third kappa shape index (κ3) is 10.8. The first-order valence-corrected chi connectivity index (χ1v) is 11.2. The molecule has 6 nitrogen and oxygen atoms in total. The maximum Gasteiger partial charge on any atom is 0.347 e. The van der Waals surface area contributed by atoms with Crippen molar-refractivity contribution in [3.05, 3.63) is 77.0 Å². The lowest BCUT2D eigenvalue weighted by Crippen LogP contribution is -2.37. The SMILES string of the molecule is C/C=C/Cn1cc(CCCc2ccc(OC(C)(C)C(=O)O)cc2)[nH]c1=O.C=CCC.CC. The number of hydrogen-bond donors (Lipinski definition) is 2. The zero-order valence-corrected chi connectivity index (χ0v) is 20.5. The third-order valence-corrected chi connectivity index (χ3v) is 4.39. The highest BCUT2D eigenvalue weighted by Crippen LogP contribution is 2.20. The molecule has 178 valence electrons. The maximum absolute atomic E-state index is 11.8. The highest BCUT2D eigenvalue weighted by atomic mass is 16.5. The zero-order valence-electron chi connectivity index (χ0n) is 20.5. The van der Waals surface area contributed by atoms with Crippen molar-refractivity contribution in [1.29, 1.82) is 0 Å². The highest BCUT2D eigenvalue weighted by molar-refractivity contribution is 5.76. The average molecular weight is 445 g/mol. The number of imidazole rings is 1. The summed E-state index contributed by atoms with van der Waals surface area (Å²) in [4.78, 5) is 25.8. The number of aromatic amines is 1. The second kappa shape index (κ2) is 15.7. The van der Waals surface area contributed by atoms with Crippen LogP contribution in [0.1, 0.15) is 65.6 Å². The van der Waals surface area contributed by atoms with Gasteiger partial charge in [0.15, 0.2) is 5.60 Å². The van der Waals surface area contributed by atoms with Crippen molar-refractivity contribution in [3.8, 4) is 5.75 Å². The molecular weight excluding hydrogens is 404 g/mol. The van der Waals surface area contributed by atoms with E-state index in [-0.39, 0.29) is 5.69 Å². The quantitative estimate of drug-likeness (QED) is 0.455. The van der Waals surface area contributed by atoms with Gasteiger partial charge in [-0.25, -0.2) is 9.59 Å². The molecule has 0 atom stereocenters. The summed E-state index contributed by atoms with van der Waals surface area (Å²) < 4.78 is 7.15. The fourth-order valence-electron chi connectivity index (χ4n) is 2.52. The van der Waals surface area contributed by atoms with E-state index in [1.165, 1.54) is 13.8 Å². The molecule has 0 amide bonds. The lowest BCUT2D eigenvalue weighted by atomic mass is 10.1. The normalized spacial score (nSPS) is 10.6. The van der Waals surface area contributed by atoms with Crippen LogP contribution in [0.2, 0.25) is 0 Å². The van der Waals surface area contributed by atoms with Crippen LogP contribution in [0.25, 0.3) is 0 Å². The number of carbonyl (C=O) groups is 1. The van der Waals surface area contributed by atoms with Gasteiger partial charge in [-0.1, -0.05) is 51.1 Å². The molecule has 0 aliphatic heterocycles. The Balaban J connectivity index is 0.00000144. The van der Waals surface area contributed by atoms with Gasteiger partial charge in [-0.05, 0) is 64.2 Å². The van der Waals surface area contributed by atoms with Crippen molar-refractivity contribution in [3.63, 3.8) is 0 Å². The number of allylic oxidation sites excluding steroid dienone is 3. The Morgan fingerprint density at radius 3 is 2.31 bits per heavy atom. The molecule has 2 rings (SSSR count). The maximum atomic E-state index is 11.8. The number of carboxylic acid groups (broad SMARTS) is 1. The van der Waals surface area contributed by atoms with E-state index in [1.807, 2.05) is 57.3 Å². The molecule has 0 bridgehead atoms. The van der Waals surface area contributed by atoms with Gasteiger partial charge in [0, 0.05) is 18.4 Å². The molecule has 0 aliphatic rings. The molecule has 1 aromatic heterocycles. The number of H-pyrrole nitrogens is 1. The number of rotatable bonds is 10. The monoisotopic (exact) mass is 444 g/mol. The van der Waals surface area contributed by atoms with Crippen molar-refractivity contribution < 1.29 is 14.6 Å². The van der Waals surface area contributed by atoms with E-state index in [2.05, 4.69) is 18.5 Å². The van der Waals surface area contributed by atoms with Gasteiger partial charge in [-0.3, -0.25) is 4.57 Å². The molecule has 2 aromatic rings. The summed E-state index contributed by atoms with van der Waals surface area (Å²) in [7, 11) is 0. The number of aryl methyl sites for hydroxylation is 2. The topological polar surface area (TPSA) is 84.3 Å². The van der Waals surface area contributed by atoms with Gasteiger partial charge in [-0.15, -0.1) is 6.58 Å². The Kier molecular flexibility index (Phi) is 14.2. The first-order chi connectivity index (χ1) is 15.2. The summed E-state index contributed by atoms with van der Waals surface area (Å²) in [6.45, 7) is 15.1. The second-order valence-electron chi connectivity index (χ2n) is 7.42. The van der Waals surface area contributed by atoms with Gasteiger partial charge < -0.3 is 14.8 Å². The van der Waals surface area contributed by atoms with Crippen molar-refractivity contribution in [1.82, 2.24) is 9.55 Å². The van der Waals surface area contributed by atoms with Crippen molar-refractivity contribution in [2.24, 2.45) is 0 Å². The van der Waals surface area contributed by atoms with Crippen LogP contribution in [0, 0.1) is 0 Å². The molecule has 0 aliphatic carbocycles. The first kappa shape index (κ1) is 29.0. The van der Waals surface area contributed by atoms with Crippen LogP contribution >= 0.6 is 0 Å². The summed E-state index contributed by atoms with van der Waals surface area (Å²) in [5, 5.41) is 9.09. The average Bonchev–Trinajstić information content (AvgIpc) is 3.14. The standard InChI is InChI=1S/C20H26N2O4.C4H8.C2H6/c1-4-5-13-22-14-16(21-19(22)25)8-6-7-15-9-11-17(12-10-15)26-20(2,3)18(23)24;1-3-4-2;1-2/h4-5,9-12,14H,6-8,13H2,1-3H3,(H,21,25)(H,23,24);3H,1,4H2,2H3;1-2H3/b5-4+;;. The number of nitrogens with zero attached hydrogens (tertiary/aromatic N) is 1. The van der Waals surface area contributed by atoms with E-state index < -0.39 is 11.6 Å². The number of benzene rings is 1. The van der Waals surface area contributed by atoms with E-state index >= 15 is 0 Å². The Labute approximate surface area is 192 Å². The van der Waals surface area contributed by atoms with Gasteiger partial charge in [0.2, 0.25) is 0 Å². The van der Waals surface area contributed by atoms with E-state index in [9.17, 15) is 9.59 Å². The molecule has 0 radical (unpaired) electrons.